The first-order chi connectivity index (χ1) is 7.86. The molecule has 90 valence electrons. The first-order valence-electron chi connectivity index (χ1n) is 6.03. The molecule has 0 saturated heterocycles. The summed E-state index contributed by atoms with van der Waals surface area (Å²) >= 11 is 0. The molecule has 16 heavy (non-hydrogen) atoms. The fraction of sp³-hybridized carbons (Fsp3) is 0.538. The van der Waals surface area contributed by atoms with E-state index in [4.69, 9.17) is 10.5 Å². The Kier molecular flexibility index (Phi) is 6.42. The van der Waals surface area contributed by atoms with Gasteiger partial charge in [0.15, 0.2) is 0 Å². The predicted octanol–water partition coefficient (Wildman–Crippen LogP) is 2.63. The van der Waals surface area contributed by atoms with Gasteiger partial charge in [-0.15, -0.1) is 0 Å². The SMILES string of the molecule is CCCCOc1ccc(NCCCN)cc1. The van der Waals surface area contributed by atoms with E-state index in [9.17, 15) is 0 Å². The van der Waals surface area contributed by atoms with E-state index in [1.165, 1.54) is 6.42 Å². The molecular formula is C13H22N2O. The van der Waals surface area contributed by atoms with Gasteiger partial charge in [0.1, 0.15) is 5.75 Å². The van der Waals surface area contributed by atoms with E-state index in [0.717, 1.165) is 44.0 Å². The average Bonchev–Trinajstić information content (AvgIpc) is 2.32. The minimum absolute atomic E-state index is 0.727. The molecule has 0 aromatic heterocycles. The van der Waals surface area contributed by atoms with Crippen LogP contribution in [-0.4, -0.2) is 19.7 Å². The number of hydrogen-bond acceptors (Lipinski definition) is 3. The third kappa shape index (κ3) is 5.03. The third-order valence-electron chi connectivity index (χ3n) is 2.33. The largest absolute Gasteiger partial charge is 0.494 e. The van der Waals surface area contributed by atoms with Gasteiger partial charge in [-0.05, 0) is 43.7 Å². The molecule has 0 fully saturated rings. The maximum Gasteiger partial charge on any atom is 0.119 e. The summed E-state index contributed by atoms with van der Waals surface area (Å²) in [5.74, 6) is 0.942. The molecule has 1 aromatic carbocycles. The minimum atomic E-state index is 0.727. The van der Waals surface area contributed by atoms with E-state index in [2.05, 4.69) is 12.2 Å². The first-order valence-corrected chi connectivity index (χ1v) is 6.03. The number of unbranched alkanes of at least 4 members (excludes halogenated alkanes) is 1. The van der Waals surface area contributed by atoms with Gasteiger partial charge < -0.3 is 15.8 Å². The number of hydrogen-bond donors (Lipinski definition) is 2. The summed E-state index contributed by atoms with van der Waals surface area (Å²) in [5, 5.41) is 3.30. The Balaban J connectivity index is 2.30. The Hall–Kier alpha value is -1.22. The normalized spacial score (nSPS) is 10.1. The van der Waals surface area contributed by atoms with Crippen LogP contribution in [0.1, 0.15) is 26.2 Å². The fourth-order valence-corrected chi connectivity index (χ4v) is 1.34. The van der Waals surface area contributed by atoms with Gasteiger partial charge in [-0.1, -0.05) is 13.3 Å². The number of rotatable bonds is 8. The number of nitrogens with one attached hydrogen (secondary N) is 1. The number of ether oxygens (including phenoxy) is 1. The van der Waals surface area contributed by atoms with Crippen LogP contribution < -0.4 is 15.8 Å². The van der Waals surface area contributed by atoms with Crippen molar-refractivity contribution in [3.05, 3.63) is 24.3 Å². The van der Waals surface area contributed by atoms with Gasteiger partial charge in [0.25, 0.3) is 0 Å². The molecule has 0 amide bonds. The zero-order valence-electron chi connectivity index (χ0n) is 10.0. The maximum atomic E-state index is 5.58. The molecule has 0 unspecified atom stereocenters. The van der Waals surface area contributed by atoms with Crippen LogP contribution in [0.4, 0.5) is 5.69 Å². The Morgan fingerprint density at radius 3 is 2.56 bits per heavy atom. The van der Waals surface area contributed by atoms with Crippen molar-refractivity contribution in [2.24, 2.45) is 5.73 Å². The van der Waals surface area contributed by atoms with Crippen molar-refractivity contribution in [2.45, 2.75) is 26.2 Å². The molecule has 3 N–H and O–H groups in total. The van der Waals surface area contributed by atoms with Crippen molar-refractivity contribution in [3.63, 3.8) is 0 Å². The van der Waals surface area contributed by atoms with Gasteiger partial charge in [-0.2, -0.15) is 0 Å². The van der Waals surface area contributed by atoms with Crippen LogP contribution in [0.5, 0.6) is 5.75 Å². The van der Waals surface area contributed by atoms with Gasteiger partial charge in [-0.3, -0.25) is 0 Å². The molecule has 0 spiro atoms. The smallest absolute Gasteiger partial charge is 0.119 e. The molecule has 1 rings (SSSR count). The van der Waals surface area contributed by atoms with Crippen LogP contribution in [0.25, 0.3) is 0 Å². The first kappa shape index (κ1) is 12.8. The van der Waals surface area contributed by atoms with Crippen LogP contribution in [0.2, 0.25) is 0 Å². The number of benzene rings is 1. The van der Waals surface area contributed by atoms with Crippen LogP contribution in [0.15, 0.2) is 24.3 Å². The highest BCUT2D eigenvalue weighted by molar-refractivity contribution is 5.46. The lowest BCUT2D eigenvalue weighted by atomic mass is 10.3. The van der Waals surface area contributed by atoms with Crippen molar-refractivity contribution < 1.29 is 4.74 Å². The van der Waals surface area contributed by atoms with Gasteiger partial charge >= 0.3 is 0 Å². The molecule has 3 heteroatoms. The molecule has 0 saturated carbocycles. The number of anilines is 1. The highest BCUT2D eigenvalue weighted by atomic mass is 16.5. The molecule has 0 aliphatic heterocycles. The van der Waals surface area contributed by atoms with Crippen LogP contribution in [0, 0.1) is 0 Å². The summed E-state index contributed by atoms with van der Waals surface area (Å²) in [6.45, 7) is 4.61. The standard InChI is InChI=1S/C13H22N2O/c1-2-3-11-16-13-7-5-12(6-8-13)15-10-4-9-14/h5-8,15H,2-4,9-11,14H2,1H3. The molecule has 0 heterocycles. The van der Waals surface area contributed by atoms with Gasteiger partial charge in [0, 0.05) is 12.2 Å². The average molecular weight is 222 g/mol. The second-order valence-corrected chi connectivity index (χ2v) is 3.80. The molecule has 0 radical (unpaired) electrons. The zero-order valence-corrected chi connectivity index (χ0v) is 10.0. The lowest BCUT2D eigenvalue weighted by Crippen LogP contribution is -2.08. The lowest BCUT2D eigenvalue weighted by Gasteiger charge is -2.08. The van der Waals surface area contributed by atoms with Gasteiger partial charge in [0.2, 0.25) is 0 Å². The number of nitrogens with two attached hydrogens (primary N) is 1. The highest BCUT2D eigenvalue weighted by Crippen LogP contribution is 2.15. The summed E-state index contributed by atoms with van der Waals surface area (Å²) in [7, 11) is 0. The minimum Gasteiger partial charge on any atom is -0.494 e. The summed E-state index contributed by atoms with van der Waals surface area (Å²) in [6, 6.07) is 8.08. The van der Waals surface area contributed by atoms with E-state index >= 15 is 0 Å². The van der Waals surface area contributed by atoms with E-state index in [-0.39, 0.29) is 0 Å². The third-order valence-corrected chi connectivity index (χ3v) is 2.33. The van der Waals surface area contributed by atoms with E-state index in [0.29, 0.717) is 0 Å². The predicted molar refractivity (Wildman–Crippen MR) is 69.0 cm³/mol. The quantitative estimate of drug-likeness (QED) is 0.665. The molecule has 0 aliphatic rings. The summed E-state index contributed by atoms with van der Waals surface area (Å²) in [6.07, 6.45) is 3.27. The highest BCUT2D eigenvalue weighted by Gasteiger charge is 1.94. The molecule has 0 aliphatic carbocycles. The second kappa shape index (κ2) is 7.99. The molecular weight excluding hydrogens is 200 g/mol. The zero-order chi connectivity index (χ0) is 11.6. The van der Waals surface area contributed by atoms with E-state index in [1.807, 2.05) is 24.3 Å². The second-order valence-electron chi connectivity index (χ2n) is 3.80. The fourth-order valence-electron chi connectivity index (χ4n) is 1.34. The van der Waals surface area contributed by atoms with Gasteiger partial charge in [0.05, 0.1) is 6.61 Å². The molecule has 1 aromatic rings. The van der Waals surface area contributed by atoms with E-state index in [1.54, 1.807) is 0 Å². The summed E-state index contributed by atoms with van der Waals surface area (Å²) < 4.78 is 5.58. The van der Waals surface area contributed by atoms with E-state index < -0.39 is 0 Å². The maximum absolute atomic E-state index is 5.58. The monoisotopic (exact) mass is 222 g/mol. The van der Waals surface area contributed by atoms with Gasteiger partial charge in [-0.25, -0.2) is 0 Å². The lowest BCUT2D eigenvalue weighted by molar-refractivity contribution is 0.309. The van der Waals surface area contributed by atoms with Crippen LogP contribution >= 0.6 is 0 Å². The Morgan fingerprint density at radius 2 is 1.94 bits per heavy atom. The Labute approximate surface area is 98.0 Å². The van der Waals surface area contributed by atoms with Crippen LogP contribution in [-0.2, 0) is 0 Å². The Bertz CT molecular complexity index is 243. The summed E-state index contributed by atoms with van der Waals surface area (Å²) in [4.78, 5) is 0. The van der Waals surface area contributed by atoms with Crippen molar-refractivity contribution in [1.29, 1.82) is 0 Å². The summed E-state index contributed by atoms with van der Waals surface area (Å²) in [5.41, 5.74) is 6.55. The van der Waals surface area contributed by atoms with Crippen molar-refractivity contribution >= 4 is 5.69 Å². The van der Waals surface area contributed by atoms with Crippen LogP contribution in [0.3, 0.4) is 0 Å². The molecule has 3 nitrogen and oxygen atoms in total. The van der Waals surface area contributed by atoms with Crippen molar-refractivity contribution in [1.82, 2.24) is 0 Å². The van der Waals surface area contributed by atoms with Crippen molar-refractivity contribution in [3.8, 4) is 5.75 Å². The molecule has 0 atom stereocenters. The topological polar surface area (TPSA) is 47.3 Å². The van der Waals surface area contributed by atoms with Crippen molar-refractivity contribution in [2.75, 3.05) is 25.0 Å². The Morgan fingerprint density at radius 1 is 1.19 bits per heavy atom. The molecule has 0 bridgehead atoms.